The van der Waals surface area contributed by atoms with Crippen LogP contribution in [0.1, 0.15) is 5.69 Å². The minimum atomic E-state index is 0.194. The number of methoxy groups -OCH3 is 2. The van der Waals surface area contributed by atoms with E-state index in [1.807, 2.05) is 36.4 Å². The third-order valence-electron chi connectivity index (χ3n) is 4.69. The van der Waals surface area contributed by atoms with E-state index in [0.717, 1.165) is 22.3 Å². The van der Waals surface area contributed by atoms with Gasteiger partial charge in [0.05, 0.1) is 32.0 Å². The molecule has 29 heavy (non-hydrogen) atoms. The van der Waals surface area contributed by atoms with Crippen molar-refractivity contribution in [2.45, 2.75) is 5.88 Å². The summed E-state index contributed by atoms with van der Waals surface area (Å²) in [4.78, 5) is 4.77. The molecule has 8 heteroatoms. The number of alkyl halides is 1. The second-order valence-corrected chi connectivity index (χ2v) is 7.03. The maximum atomic E-state index is 6.48. The van der Waals surface area contributed by atoms with Gasteiger partial charge in [-0.25, -0.2) is 4.98 Å². The van der Waals surface area contributed by atoms with Crippen LogP contribution in [0.5, 0.6) is 11.5 Å². The lowest BCUT2D eigenvalue weighted by Crippen LogP contribution is -2.07. The summed E-state index contributed by atoms with van der Waals surface area (Å²) in [5.74, 6) is 1.90. The average Bonchev–Trinajstić information content (AvgIpc) is 3.17. The van der Waals surface area contributed by atoms with Crippen LogP contribution in [0.4, 0.5) is 5.82 Å². The number of aromatic nitrogens is 3. The minimum Gasteiger partial charge on any atom is -0.493 e. The number of benzene rings is 2. The largest absolute Gasteiger partial charge is 0.493 e. The van der Waals surface area contributed by atoms with Crippen LogP contribution >= 0.6 is 23.2 Å². The Morgan fingerprint density at radius 2 is 1.83 bits per heavy atom. The predicted molar refractivity (Wildman–Crippen MR) is 116 cm³/mol. The Morgan fingerprint density at radius 3 is 2.52 bits per heavy atom. The maximum absolute atomic E-state index is 6.48. The summed E-state index contributed by atoms with van der Waals surface area (Å²) in [7, 11) is 3.19. The van der Waals surface area contributed by atoms with E-state index in [1.165, 1.54) is 0 Å². The molecule has 0 saturated heterocycles. The highest BCUT2D eigenvalue weighted by molar-refractivity contribution is 6.30. The van der Waals surface area contributed by atoms with E-state index in [9.17, 15) is 0 Å². The fourth-order valence-corrected chi connectivity index (χ4v) is 3.71. The first-order valence-electron chi connectivity index (χ1n) is 8.77. The highest BCUT2D eigenvalue weighted by atomic mass is 35.5. The number of fused-ring (bicyclic) bond motifs is 1. The van der Waals surface area contributed by atoms with E-state index in [2.05, 4.69) is 5.10 Å². The van der Waals surface area contributed by atoms with Crippen LogP contribution in [0.15, 0.2) is 48.7 Å². The number of nitrogens with zero attached hydrogens (tertiary/aromatic N) is 3. The highest BCUT2D eigenvalue weighted by Gasteiger charge is 2.19. The van der Waals surface area contributed by atoms with Crippen molar-refractivity contribution >= 4 is 34.7 Å². The number of anilines is 1. The molecule has 0 spiro atoms. The third kappa shape index (κ3) is 3.34. The van der Waals surface area contributed by atoms with Crippen LogP contribution in [-0.2, 0) is 5.88 Å². The predicted octanol–water partition coefficient (Wildman–Crippen LogP) is 5.05. The van der Waals surface area contributed by atoms with Gasteiger partial charge in [0.1, 0.15) is 5.82 Å². The summed E-state index contributed by atoms with van der Waals surface area (Å²) in [5.41, 5.74) is 11.0. The monoisotopic (exact) mass is 428 g/mol. The molecule has 2 heterocycles. The van der Waals surface area contributed by atoms with Crippen molar-refractivity contribution in [1.82, 2.24) is 14.6 Å². The van der Waals surface area contributed by atoms with Crippen molar-refractivity contribution in [3.8, 4) is 33.8 Å². The molecule has 0 fully saturated rings. The molecule has 6 nitrogen and oxygen atoms in total. The summed E-state index contributed by atoms with van der Waals surface area (Å²) in [6, 6.07) is 13.0. The third-order valence-corrected chi connectivity index (χ3v) is 5.18. The van der Waals surface area contributed by atoms with E-state index >= 15 is 0 Å². The SMILES string of the molecule is COc1ccc(-c2cnn3c(N)c(-c4cccc(Cl)c4)c(CCl)nc23)cc1OC. The Hall–Kier alpha value is -2.96. The summed E-state index contributed by atoms with van der Waals surface area (Å²) in [6.45, 7) is 0. The van der Waals surface area contributed by atoms with Crippen molar-refractivity contribution in [3.63, 3.8) is 0 Å². The standard InChI is InChI=1S/C21H18Cl2N4O2/c1-28-17-7-6-12(9-18(17)29-2)15-11-25-27-20(24)19(16(10-22)26-21(15)27)13-4-3-5-14(23)8-13/h3-9,11H,10,24H2,1-2H3. The number of ether oxygens (including phenoxy) is 2. The normalized spacial score (nSPS) is 11.0. The van der Waals surface area contributed by atoms with Gasteiger partial charge >= 0.3 is 0 Å². The first-order chi connectivity index (χ1) is 14.1. The Bertz CT molecular complexity index is 1210. The van der Waals surface area contributed by atoms with E-state index in [1.54, 1.807) is 31.0 Å². The second kappa shape index (κ2) is 7.81. The number of nitrogen functional groups attached to an aromatic ring is 1. The van der Waals surface area contributed by atoms with Crippen LogP contribution in [0.2, 0.25) is 5.02 Å². The van der Waals surface area contributed by atoms with Gasteiger partial charge in [-0.3, -0.25) is 0 Å². The van der Waals surface area contributed by atoms with Gasteiger partial charge in [-0.1, -0.05) is 29.8 Å². The molecule has 4 aromatic rings. The molecular weight excluding hydrogens is 411 g/mol. The zero-order valence-corrected chi connectivity index (χ0v) is 17.3. The molecule has 148 valence electrons. The lowest BCUT2D eigenvalue weighted by atomic mass is 10.0. The van der Waals surface area contributed by atoms with E-state index in [4.69, 9.17) is 43.4 Å². The number of rotatable bonds is 5. The van der Waals surface area contributed by atoms with Crippen molar-refractivity contribution in [1.29, 1.82) is 0 Å². The van der Waals surface area contributed by atoms with Gasteiger partial charge in [-0.2, -0.15) is 9.61 Å². The first kappa shape index (κ1) is 19.4. The van der Waals surface area contributed by atoms with Crippen molar-refractivity contribution in [2.24, 2.45) is 0 Å². The van der Waals surface area contributed by atoms with E-state index in [0.29, 0.717) is 33.7 Å². The molecule has 0 radical (unpaired) electrons. The van der Waals surface area contributed by atoms with Gasteiger partial charge in [0.2, 0.25) is 0 Å². The van der Waals surface area contributed by atoms with E-state index < -0.39 is 0 Å². The summed E-state index contributed by atoms with van der Waals surface area (Å²) >= 11 is 12.4. The number of halogens is 2. The van der Waals surface area contributed by atoms with Gasteiger partial charge in [0, 0.05) is 16.1 Å². The Balaban J connectivity index is 1.93. The Morgan fingerprint density at radius 1 is 1.03 bits per heavy atom. The quantitative estimate of drug-likeness (QED) is 0.449. The molecule has 2 aromatic carbocycles. The summed E-state index contributed by atoms with van der Waals surface area (Å²) < 4.78 is 12.3. The Kier molecular flexibility index (Phi) is 5.22. The Labute approximate surface area is 177 Å². The number of nitrogens with two attached hydrogens (primary N) is 1. The molecule has 2 aromatic heterocycles. The fraction of sp³-hybridized carbons (Fsp3) is 0.143. The summed E-state index contributed by atoms with van der Waals surface area (Å²) in [6.07, 6.45) is 1.72. The lowest BCUT2D eigenvalue weighted by Gasteiger charge is -2.13. The molecular formula is C21H18Cl2N4O2. The van der Waals surface area contributed by atoms with Crippen molar-refractivity contribution < 1.29 is 9.47 Å². The van der Waals surface area contributed by atoms with Gasteiger partial charge in [-0.05, 0) is 35.4 Å². The zero-order valence-electron chi connectivity index (χ0n) is 15.8. The summed E-state index contributed by atoms with van der Waals surface area (Å²) in [5, 5.41) is 5.06. The molecule has 0 saturated carbocycles. The molecule has 2 N–H and O–H groups in total. The molecule has 0 bridgehead atoms. The van der Waals surface area contributed by atoms with Crippen LogP contribution in [-0.4, -0.2) is 28.8 Å². The van der Waals surface area contributed by atoms with Gasteiger partial charge in [-0.15, -0.1) is 11.6 Å². The highest BCUT2D eigenvalue weighted by Crippen LogP contribution is 2.37. The first-order valence-corrected chi connectivity index (χ1v) is 9.69. The second-order valence-electron chi connectivity index (χ2n) is 6.33. The van der Waals surface area contributed by atoms with Crippen molar-refractivity contribution in [2.75, 3.05) is 20.0 Å². The van der Waals surface area contributed by atoms with Crippen LogP contribution < -0.4 is 15.2 Å². The van der Waals surface area contributed by atoms with Crippen LogP contribution in [0.25, 0.3) is 27.9 Å². The smallest absolute Gasteiger partial charge is 0.165 e. The molecule has 0 unspecified atom stereocenters. The van der Waals surface area contributed by atoms with Gasteiger partial charge < -0.3 is 15.2 Å². The number of hydrogen-bond acceptors (Lipinski definition) is 5. The zero-order chi connectivity index (χ0) is 20.5. The fourth-order valence-electron chi connectivity index (χ4n) is 3.33. The molecule has 4 rings (SSSR count). The maximum Gasteiger partial charge on any atom is 0.165 e. The van der Waals surface area contributed by atoms with Crippen LogP contribution in [0, 0.1) is 0 Å². The van der Waals surface area contributed by atoms with Gasteiger partial charge in [0.25, 0.3) is 0 Å². The number of hydrogen-bond donors (Lipinski definition) is 1. The van der Waals surface area contributed by atoms with E-state index in [-0.39, 0.29) is 5.88 Å². The minimum absolute atomic E-state index is 0.194. The average molecular weight is 429 g/mol. The molecule has 0 aliphatic carbocycles. The van der Waals surface area contributed by atoms with Gasteiger partial charge in [0.15, 0.2) is 17.1 Å². The molecule has 0 atom stereocenters. The van der Waals surface area contributed by atoms with Crippen molar-refractivity contribution in [3.05, 3.63) is 59.4 Å². The lowest BCUT2D eigenvalue weighted by molar-refractivity contribution is 0.355. The van der Waals surface area contributed by atoms with Crippen LogP contribution in [0.3, 0.4) is 0 Å². The molecule has 0 aliphatic heterocycles. The topological polar surface area (TPSA) is 74.7 Å². The molecule has 0 amide bonds. The molecule has 0 aliphatic rings.